The molecule has 1 aromatic carbocycles. The van der Waals surface area contributed by atoms with Crippen LogP contribution in [-0.2, 0) is 11.0 Å². The molecule has 1 heterocycles. The Labute approximate surface area is 141 Å². The van der Waals surface area contributed by atoms with Crippen LogP contribution in [0, 0.1) is 0 Å². The van der Waals surface area contributed by atoms with Gasteiger partial charge in [0.05, 0.1) is 11.8 Å². The average Bonchev–Trinajstić information content (AvgIpc) is 3.11. The number of ether oxygens (including phenoxy) is 1. The van der Waals surface area contributed by atoms with Gasteiger partial charge in [0, 0.05) is 13.1 Å². The first-order chi connectivity index (χ1) is 11.9. The highest BCUT2D eigenvalue weighted by atomic mass is 19.4. The molecular weight excluding hydrogens is 341 g/mol. The summed E-state index contributed by atoms with van der Waals surface area (Å²) in [6.07, 6.45) is -3.12. The van der Waals surface area contributed by atoms with Crippen LogP contribution in [0.15, 0.2) is 47.1 Å². The van der Waals surface area contributed by atoms with Crippen molar-refractivity contribution >= 4 is 11.8 Å². The molecule has 0 bridgehead atoms. The highest BCUT2D eigenvalue weighted by molar-refractivity contribution is 5.91. The number of rotatable bonds is 7. The predicted octanol–water partition coefficient (Wildman–Crippen LogP) is 2.22. The van der Waals surface area contributed by atoms with Crippen LogP contribution in [0.5, 0.6) is 5.75 Å². The summed E-state index contributed by atoms with van der Waals surface area (Å²) in [7, 11) is 0. The average molecular weight is 356 g/mol. The fourth-order valence-electron chi connectivity index (χ4n) is 1.83. The van der Waals surface area contributed by atoms with E-state index in [1.807, 2.05) is 0 Å². The smallest absolute Gasteiger partial charge is 0.416 e. The molecule has 2 N–H and O–H groups in total. The lowest BCUT2D eigenvalue weighted by Crippen LogP contribution is -2.36. The molecule has 0 saturated heterocycles. The molecule has 0 aliphatic carbocycles. The number of amides is 2. The van der Waals surface area contributed by atoms with Gasteiger partial charge in [0.2, 0.25) is 0 Å². The van der Waals surface area contributed by atoms with Gasteiger partial charge in [-0.15, -0.1) is 0 Å². The molecule has 6 nitrogen and oxygen atoms in total. The molecule has 2 rings (SSSR count). The molecule has 1 aromatic heterocycles. The molecule has 0 spiro atoms. The minimum absolute atomic E-state index is 0.0592. The Balaban J connectivity index is 1.68. The van der Waals surface area contributed by atoms with Gasteiger partial charge in [-0.3, -0.25) is 9.59 Å². The van der Waals surface area contributed by atoms with Gasteiger partial charge in [0.15, 0.2) is 12.4 Å². The summed E-state index contributed by atoms with van der Waals surface area (Å²) in [5.41, 5.74) is -0.856. The third kappa shape index (κ3) is 5.87. The summed E-state index contributed by atoms with van der Waals surface area (Å²) in [5, 5.41) is 4.99. The van der Waals surface area contributed by atoms with Crippen molar-refractivity contribution in [1.82, 2.24) is 10.6 Å². The Bertz CT molecular complexity index is 714. The summed E-state index contributed by atoms with van der Waals surface area (Å²) in [6, 6.07) is 7.32. The third-order valence-electron chi connectivity index (χ3n) is 3.01. The van der Waals surface area contributed by atoms with Gasteiger partial charge < -0.3 is 19.8 Å². The van der Waals surface area contributed by atoms with Crippen LogP contribution < -0.4 is 15.4 Å². The van der Waals surface area contributed by atoms with Gasteiger partial charge in [-0.2, -0.15) is 13.2 Å². The monoisotopic (exact) mass is 356 g/mol. The lowest BCUT2D eigenvalue weighted by molar-refractivity contribution is -0.137. The van der Waals surface area contributed by atoms with E-state index in [9.17, 15) is 22.8 Å². The summed E-state index contributed by atoms with van der Waals surface area (Å²) >= 11 is 0. The lowest BCUT2D eigenvalue weighted by Gasteiger charge is -2.10. The van der Waals surface area contributed by atoms with E-state index in [1.165, 1.54) is 24.5 Å². The number of hydrogen-bond acceptors (Lipinski definition) is 4. The van der Waals surface area contributed by atoms with E-state index in [-0.39, 0.29) is 24.6 Å². The molecular formula is C16H15F3N2O4. The topological polar surface area (TPSA) is 80.6 Å². The first-order valence-corrected chi connectivity index (χ1v) is 7.25. The van der Waals surface area contributed by atoms with E-state index < -0.39 is 30.2 Å². The van der Waals surface area contributed by atoms with Crippen LogP contribution in [0.1, 0.15) is 16.1 Å². The van der Waals surface area contributed by atoms with Crippen molar-refractivity contribution in [2.45, 2.75) is 6.18 Å². The maximum atomic E-state index is 12.6. The Morgan fingerprint density at radius 2 is 1.84 bits per heavy atom. The minimum atomic E-state index is -4.48. The van der Waals surface area contributed by atoms with Gasteiger partial charge in [0.25, 0.3) is 11.8 Å². The van der Waals surface area contributed by atoms with Crippen molar-refractivity contribution in [3.05, 3.63) is 54.0 Å². The number of carbonyl (C=O) groups is 2. The minimum Gasteiger partial charge on any atom is -0.484 e. The van der Waals surface area contributed by atoms with E-state index in [1.54, 1.807) is 6.07 Å². The summed E-state index contributed by atoms with van der Waals surface area (Å²) in [5.74, 6) is -0.848. The first kappa shape index (κ1) is 18.4. The molecule has 0 aliphatic rings. The summed E-state index contributed by atoms with van der Waals surface area (Å²) in [6.45, 7) is -0.139. The zero-order chi connectivity index (χ0) is 18.3. The SMILES string of the molecule is O=C(COc1cccc(C(F)(F)F)c1)NCCNC(=O)c1ccco1. The van der Waals surface area contributed by atoms with Gasteiger partial charge in [-0.1, -0.05) is 6.07 Å². The third-order valence-corrected chi connectivity index (χ3v) is 3.01. The second-order valence-electron chi connectivity index (χ2n) is 4.90. The van der Waals surface area contributed by atoms with Crippen molar-refractivity contribution in [2.24, 2.45) is 0 Å². The predicted molar refractivity (Wildman–Crippen MR) is 81.0 cm³/mol. The number of hydrogen-bond donors (Lipinski definition) is 2. The molecule has 0 fully saturated rings. The molecule has 9 heteroatoms. The van der Waals surface area contributed by atoms with Gasteiger partial charge >= 0.3 is 6.18 Å². The lowest BCUT2D eigenvalue weighted by atomic mass is 10.2. The maximum absolute atomic E-state index is 12.6. The van der Waals surface area contributed by atoms with Crippen LogP contribution >= 0.6 is 0 Å². The number of furan rings is 1. The number of alkyl halides is 3. The second-order valence-corrected chi connectivity index (χ2v) is 4.90. The molecule has 134 valence electrons. The van der Waals surface area contributed by atoms with Gasteiger partial charge in [0.1, 0.15) is 5.75 Å². The molecule has 0 aliphatic heterocycles. The Morgan fingerprint density at radius 3 is 2.52 bits per heavy atom. The standard InChI is InChI=1S/C16H15F3N2O4/c17-16(18,19)11-3-1-4-12(9-11)25-10-14(22)20-6-7-21-15(23)13-5-2-8-24-13/h1-5,8-9H,6-7,10H2,(H,20,22)(H,21,23). The molecule has 0 atom stereocenters. The zero-order valence-electron chi connectivity index (χ0n) is 12.9. The summed E-state index contributed by atoms with van der Waals surface area (Å²) < 4.78 is 47.6. The van der Waals surface area contributed by atoms with Crippen LogP contribution in [0.3, 0.4) is 0 Å². The van der Waals surface area contributed by atoms with Crippen LogP contribution in [-0.4, -0.2) is 31.5 Å². The molecule has 2 amide bonds. The maximum Gasteiger partial charge on any atom is 0.416 e. The highest BCUT2D eigenvalue weighted by Gasteiger charge is 2.30. The normalized spacial score (nSPS) is 11.0. The molecule has 0 saturated carbocycles. The van der Waals surface area contributed by atoms with E-state index >= 15 is 0 Å². The quantitative estimate of drug-likeness (QED) is 0.746. The molecule has 0 radical (unpaired) electrons. The highest BCUT2D eigenvalue weighted by Crippen LogP contribution is 2.31. The van der Waals surface area contributed by atoms with Crippen molar-refractivity contribution in [1.29, 1.82) is 0 Å². The fourth-order valence-corrected chi connectivity index (χ4v) is 1.83. The molecule has 0 unspecified atom stereocenters. The Morgan fingerprint density at radius 1 is 1.08 bits per heavy atom. The van der Waals surface area contributed by atoms with E-state index in [0.717, 1.165) is 12.1 Å². The van der Waals surface area contributed by atoms with Gasteiger partial charge in [-0.25, -0.2) is 0 Å². The number of nitrogens with one attached hydrogen (secondary N) is 2. The number of carbonyl (C=O) groups excluding carboxylic acids is 2. The van der Waals surface area contributed by atoms with Crippen LogP contribution in [0.25, 0.3) is 0 Å². The van der Waals surface area contributed by atoms with E-state index in [0.29, 0.717) is 0 Å². The van der Waals surface area contributed by atoms with E-state index in [2.05, 4.69) is 10.6 Å². The summed E-state index contributed by atoms with van der Waals surface area (Å²) in [4.78, 5) is 23.1. The second kappa shape index (κ2) is 8.22. The molecule has 2 aromatic rings. The fraction of sp³-hybridized carbons (Fsp3) is 0.250. The van der Waals surface area contributed by atoms with Crippen molar-refractivity contribution in [3.63, 3.8) is 0 Å². The Hall–Kier alpha value is -2.97. The van der Waals surface area contributed by atoms with Crippen molar-refractivity contribution in [3.8, 4) is 5.75 Å². The Kier molecular flexibility index (Phi) is 6.04. The van der Waals surface area contributed by atoms with Crippen LogP contribution in [0.2, 0.25) is 0 Å². The molecule has 25 heavy (non-hydrogen) atoms. The van der Waals surface area contributed by atoms with Crippen molar-refractivity contribution < 1.29 is 31.9 Å². The van der Waals surface area contributed by atoms with Gasteiger partial charge in [-0.05, 0) is 30.3 Å². The van der Waals surface area contributed by atoms with Crippen LogP contribution in [0.4, 0.5) is 13.2 Å². The largest absolute Gasteiger partial charge is 0.484 e. The first-order valence-electron chi connectivity index (χ1n) is 7.25. The number of benzene rings is 1. The van der Waals surface area contributed by atoms with Crippen molar-refractivity contribution in [2.75, 3.05) is 19.7 Å². The zero-order valence-corrected chi connectivity index (χ0v) is 12.9. The van der Waals surface area contributed by atoms with E-state index in [4.69, 9.17) is 9.15 Å². The number of halogens is 3.